The lowest BCUT2D eigenvalue weighted by Crippen LogP contribution is -2.34. The lowest BCUT2D eigenvalue weighted by atomic mass is 9.85. The molecule has 2 aliphatic carbocycles. The number of hydrogen-bond acceptors (Lipinski definition) is 3. The largest absolute Gasteiger partial charge is 0.357 e. The fourth-order valence-corrected chi connectivity index (χ4v) is 3.87. The summed E-state index contributed by atoms with van der Waals surface area (Å²) in [5.74, 6) is 0.288. The monoisotopic (exact) mass is 411 g/mol. The van der Waals surface area contributed by atoms with E-state index in [1.54, 1.807) is 7.05 Å². The smallest absolute Gasteiger partial charge is 0.0710 e. The third-order valence-electron chi connectivity index (χ3n) is 5.29. The van der Waals surface area contributed by atoms with E-state index in [9.17, 15) is 0 Å². The van der Waals surface area contributed by atoms with Gasteiger partial charge < -0.3 is 5.32 Å². The van der Waals surface area contributed by atoms with Gasteiger partial charge in [0.2, 0.25) is 0 Å². The number of aliphatic imine (C=N–C) groups is 2. The van der Waals surface area contributed by atoms with E-state index in [2.05, 4.69) is 91.0 Å². The summed E-state index contributed by atoms with van der Waals surface area (Å²) < 4.78 is 0. The van der Waals surface area contributed by atoms with Crippen LogP contribution in [-0.4, -0.2) is 19.0 Å². The van der Waals surface area contributed by atoms with E-state index in [1.165, 1.54) is 28.1 Å². The fourth-order valence-electron chi connectivity index (χ4n) is 3.87. The molecule has 160 valence electrons. The summed E-state index contributed by atoms with van der Waals surface area (Å²) in [4.78, 5) is 9.01. The van der Waals surface area contributed by atoms with E-state index < -0.39 is 0 Å². The van der Waals surface area contributed by atoms with Crippen LogP contribution in [-0.2, 0) is 0 Å². The van der Waals surface area contributed by atoms with Crippen LogP contribution < -0.4 is 15.8 Å². The summed E-state index contributed by atoms with van der Waals surface area (Å²) in [5.41, 5.74) is 5.80. The number of rotatable bonds is 4. The molecule has 1 atom stereocenters. The van der Waals surface area contributed by atoms with Gasteiger partial charge in [0.1, 0.15) is 0 Å². The van der Waals surface area contributed by atoms with Crippen molar-refractivity contribution >= 4 is 23.7 Å². The molecule has 1 aromatic carbocycles. The first-order valence-corrected chi connectivity index (χ1v) is 11.2. The Hall–Kier alpha value is -3.20. The van der Waals surface area contributed by atoms with Gasteiger partial charge >= 0.3 is 0 Å². The summed E-state index contributed by atoms with van der Waals surface area (Å²) >= 11 is 0. The number of nitrogens with one attached hydrogen (secondary N) is 1. The minimum Gasteiger partial charge on any atom is -0.357 e. The summed E-state index contributed by atoms with van der Waals surface area (Å²) in [7, 11) is 1.81. The molecule has 3 aliphatic rings. The molecular formula is C28H33N3. The molecule has 0 bridgehead atoms. The first-order chi connectivity index (χ1) is 15.2. The van der Waals surface area contributed by atoms with Crippen LogP contribution in [0.2, 0.25) is 0 Å². The van der Waals surface area contributed by atoms with Gasteiger partial charge in [0.25, 0.3) is 0 Å². The van der Waals surface area contributed by atoms with Crippen molar-refractivity contribution < 1.29 is 0 Å². The highest BCUT2D eigenvalue weighted by molar-refractivity contribution is 6.06. The molecule has 1 N–H and O–H groups in total. The molecule has 0 aromatic heterocycles. The maximum atomic E-state index is 4.84. The zero-order valence-corrected chi connectivity index (χ0v) is 19.1. The molecule has 3 heteroatoms. The first-order valence-electron chi connectivity index (χ1n) is 11.2. The van der Waals surface area contributed by atoms with E-state index in [1.807, 2.05) is 19.3 Å². The van der Waals surface area contributed by atoms with Gasteiger partial charge in [0.05, 0.1) is 11.4 Å². The third-order valence-corrected chi connectivity index (χ3v) is 5.29. The molecule has 3 nitrogen and oxygen atoms in total. The Bertz CT molecular complexity index is 1120. The van der Waals surface area contributed by atoms with Gasteiger partial charge in [-0.15, -0.1) is 0 Å². The van der Waals surface area contributed by atoms with Crippen LogP contribution in [0.25, 0.3) is 11.8 Å². The van der Waals surface area contributed by atoms with Gasteiger partial charge in [-0.2, -0.15) is 0 Å². The van der Waals surface area contributed by atoms with Crippen molar-refractivity contribution in [2.75, 3.05) is 7.05 Å². The quantitative estimate of drug-likeness (QED) is 0.697. The van der Waals surface area contributed by atoms with E-state index in [4.69, 9.17) is 4.99 Å². The number of hydrogen-bond donors (Lipinski definition) is 1. The van der Waals surface area contributed by atoms with Crippen LogP contribution in [0.4, 0.5) is 0 Å². The highest BCUT2D eigenvalue weighted by Crippen LogP contribution is 2.29. The normalized spacial score (nSPS) is 19.7. The molecule has 1 aromatic rings. The summed E-state index contributed by atoms with van der Waals surface area (Å²) in [6.45, 7) is 6.30. The highest BCUT2D eigenvalue weighted by Gasteiger charge is 2.25. The van der Waals surface area contributed by atoms with E-state index in [0.29, 0.717) is 0 Å². The fraction of sp³-hybridized carbons (Fsp3) is 0.286. The molecule has 0 saturated carbocycles. The van der Waals surface area contributed by atoms with Crippen LogP contribution >= 0.6 is 0 Å². The second-order valence-electron chi connectivity index (χ2n) is 7.77. The van der Waals surface area contributed by atoms with Crippen LogP contribution in [0.5, 0.6) is 0 Å². The minimum atomic E-state index is 0.288. The SMILES string of the molecule is C/C=C(\C=NC)C1=CN=C2C(NC3=c4ccccc4=CC=CC3)=CC=CC2C1.CCC. The van der Waals surface area contributed by atoms with Crippen molar-refractivity contribution in [2.45, 2.75) is 40.0 Å². The average molecular weight is 412 g/mol. The van der Waals surface area contributed by atoms with Gasteiger partial charge in [0, 0.05) is 42.7 Å². The summed E-state index contributed by atoms with van der Waals surface area (Å²) in [6.07, 6.45) is 22.1. The van der Waals surface area contributed by atoms with E-state index in [0.717, 1.165) is 29.8 Å². The highest BCUT2D eigenvalue weighted by atomic mass is 14.9. The zero-order valence-electron chi connectivity index (χ0n) is 19.1. The first kappa shape index (κ1) is 22.5. The second-order valence-corrected chi connectivity index (χ2v) is 7.77. The maximum Gasteiger partial charge on any atom is 0.0710 e. The summed E-state index contributed by atoms with van der Waals surface area (Å²) in [6, 6.07) is 8.52. The van der Waals surface area contributed by atoms with Gasteiger partial charge in [-0.05, 0) is 35.8 Å². The lowest BCUT2D eigenvalue weighted by molar-refractivity contribution is 0.812. The van der Waals surface area contributed by atoms with E-state index >= 15 is 0 Å². The number of allylic oxidation sites excluding steroid dienone is 8. The maximum absolute atomic E-state index is 4.84. The molecule has 0 amide bonds. The topological polar surface area (TPSA) is 36.8 Å². The van der Waals surface area contributed by atoms with Crippen molar-refractivity contribution in [2.24, 2.45) is 15.9 Å². The number of fused-ring (bicyclic) bond motifs is 2. The Labute approximate surface area is 186 Å². The second kappa shape index (κ2) is 11.3. The van der Waals surface area contributed by atoms with Gasteiger partial charge in [-0.3, -0.25) is 9.98 Å². The van der Waals surface area contributed by atoms with E-state index in [-0.39, 0.29) is 5.92 Å². The Morgan fingerprint density at radius 3 is 2.77 bits per heavy atom. The van der Waals surface area contributed by atoms with Crippen molar-refractivity contribution in [1.82, 2.24) is 5.32 Å². The molecule has 0 radical (unpaired) electrons. The van der Waals surface area contributed by atoms with Crippen molar-refractivity contribution in [3.05, 3.63) is 94.2 Å². The van der Waals surface area contributed by atoms with Crippen molar-refractivity contribution in [1.29, 1.82) is 0 Å². The van der Waals surface area contributed by atoms with Crippen LogP contribution in [0, 0.1) is 5.92 Å². The third kappa shape index (κ3) is 5.49. The van der Waals surface area contributed by atoms with Crippen molar-refractivity contribution in [3.63, 3.8) is 0 Å². The number of nitrogens with zero attached hydrogens (tertiary/aromatic N) is 2. The van der Waals surface area contributed by atoms with Gasteiger partial charge in [-0.1, -0.05) is 81.0 Å². The number of benzene rings is 1. The molecule has 1 unspecified atom stereocenters. The Kier molecular flexibility index (Phi) is 8.17. The predicted molar refractivity (Wildman–Crippen MR) is 135 cm³/mol. The Morgan fingerprint density at radius 1 is 1.19 bits per heavy atom. The molecule has 0 saturated heterocycles. The Balaban J connectivity index is 0.000000858. The molecule has 31 heavy (non-hydrogen) atoms. The Morgan fingerprint density at radius 2 is 2.00 bits per heavy atom. The molecule has 0 spiro atoms. The minimum absolute atomic E-state index is 0.288. The van der Waals surface area contributed by atoms with Crippen LogP contribution in [0.1, 0.15) is 40.0 Å². The van der Waals surface area contributed by atoms with Crippen LogP contribution in [0.3, 0.4) is 0 Å². The molecule has 1 heterocycles. The van der Waals surface area contributed by atoms with Crippen LogP contribution in [0.15, 0.2) is 93.7 Å². The average Bonchev–Trinajstić information content (AvgIpc) is 3.00. The van der Waals surface area contributed by atoms with Gasteiger partial charge in [0.15, 0.2) is 0 Å². The molecule has 4 rings (SSSR count). The zero-order chi connectivity index (χ0) is 22.1. The molecule has 0 fully saturated rings. The predicted octanol–water partition coefficient (Wildman–Crippen LogP) is 4.99. The summed E-state index contributed by atoms with van der Waals surface area (Å²) in [5, 5.41) is 6.19. The van der Waals surface area contributed by atoms with Crippen molar-refractivity contribution in [3.8, 4) is 0 Å². The standard InChI is InChI=1S/C25H25N3.C3H8/c1-3-18(16-26-2)21-15-20-11-8-14-24(25(20)27-17-21)28-23-13-7-5-10-19-9-4-6-12-22(19)23;1-3-2/h3-12,14,16-17,20,28H,13,15H2,1-2H3;3H2,1-2H3/b18-3+,26-16?;. The lowest BCUT2D eigenvalue weighted by Gasteiger charge is -2.27. The molecular weight excluding hydrogens is 378 g/mol. The molecule has 1 aliphatic heterocycles. The van der Waals surface area contributed by atoms with Gasteiger partial charge in [-0.25, -0.2) is 0 Å².